The van der Waals surface area contributed by atoms with Gasteiger partial charge in [-0.05, 0) is 50.2 Å². The van der Waals surface area contributed by atoms with E-state index in [2.05, 4.69) is 10.4 Å². The quantitative estimate of drug-likeness (QED) is 0.546. The van der Waals surface area contributed by atoms with E-state index in [1.54, 1.807) is 36.4 Å². The van der Waals surface area contributed by atoms with Crippen LogP contribution in [0.15, 0.2) is 59.4 Å². The van der Waals surface area contributed by atoms with E-state index in [1.165, 1.54) is 10.7 Å². The van der Waals surface area contributed by atoms with Crippen molar-refractivity contribution in [1.82, 2.24) is 15.1 Å². The third-order valence-electron chi connectivity index (χ3n) is 4.42. The zero-order valence-electron chi connectivity index (χ0n) is 17.4. The number of halogens is 1. The van der Waals surface area contributed by atoms with Gasteiger partial charge in [-0.3, -0.25) is 9.59 Å². The Kier molecular flexibility index (Phi) is 7.67. The third kappa shape index (κ3) is 5.86. The number of carbonyl (C=O) groups excluding carboxylic acids is 1. The fraction of sp³-hybridized carbons (Fsp3) is 0.261. The molecule has 0 unspecified atom stereocenters. The van der Waals surface area contributed by atoms with Crippen LogP contribution >= 0.6 is 11.6 Å². The highest BCUT2D eigenvalue weighted by Gasteiger charge is 2.12. The van der Waals surface area contributed by atoms with Gasteiger partial charge in [0.1, 0.15) is 0 Å². The van der Waals surface area contributed by atoms with Gasteiger partial charge in [-0.1, -0.05) is 23.7 Å². The molecule has 0 aliphatic carbocycles. The molecule has 1 N–H and O–H groups in total. The first kappa shape index (κ1) is 22.4. The van der Waals surface area contributed by atoms with E-state index in [0.717, 1.165) is 5.56 Å². The van der Waals surface area contributed by atoms with Gasteiger partial charge in [0.05, 0.1) is 25.5 Å². The van der Waals surface area contributed by atoms with Crippen molar-refractivity contribution >= 4 is 17.5 Å². The Morgan fingerprint density at radius 3 is 2.42 bits per heavy atom. The molecular formula is C23H24ClN3O4. The Bertz CT molecular complexity index is 1100. The molecule has 0 aliphatic heterocycles. The van der Waals surface area contributed by atoms with Crippen molar-refractivity contribution < 1.29 is 14.3 Å². The summed E-state index contributed by atoms with van der Waals surface area (Å²) >= 11 is 5.93. The summed E-state index contributed by atoms with van der Waals surface area (Å²) in [6.07, 6.45) is 0. The molecule has 0 spiro atoms. The van der Waals surface area contributed by atoms with Gasteiger partial charge in [0, 0.05) is 28.8 Å². The maximum Gasteiger partial charge on any atom is 0.266 e. The lowest BCUT2D eigenvalue weighted by Crippen LogP contribution is -2.32. The second-order valence-corrected chi connectivity index (χ2v) is 7.01. The molecule has 7 nitrogen and oxygen atoms in total. The molecule has 3 aromatic rings. The number of rotatable bonds is 9. The van der Waals surface area contributed by atoms with Gasteiger partial charge in [0.25, 0.3) is 11.5 Å². The Hall–Kier alpha value is -3.32. The monoisotopic (exact) mass is 441 g/mol. The lowest BCUT2D eigenvalue weighted by atomic mass is 10.1. The van der Waals surface area contributed by atoms with Crippen LogP contribution in [0.1, 0.15) is 24.2 Å². The van der Waals surface area contributed by atoms with Crippen LogP contribution in [0.25, 0.3) is 11.3 Å². The number of carbonyl (C=O) groups is 1. The molecule has 162 valence electrons. The summed E-state index contributed by atoms with van der Waals surface area (Å²) in [4.78, 5) is 24.7. The van der Waals surface area contributed by atoms with Crippen molar-refractivity contribution in [3.8, 4) is 22.8 Å². The Morgan fingerprint density at radius 2 is 1.71 bits per heavy atom. The normalized spacial score (nSPS) is 10.5. The number of ether oxygens (including phenoxy) is 2. The van der Waals surface area contributed by atoms with E-state index in [0.29, 0.717) is 41.0 Å². The SMILES string of the molecule is CCOc1ccc(C(=O)NCCn2nc(-c3ccc(Cl)cc3)ccc2=O)cc1OCC. The number of benzene rings is 2. The largest absolute Gasteiger partial charge is 0.490 e. The summed E-state index contributed by atoms with van der Waals surface area (Å²) in [6.45, 7) is 5.19. The van der Waals surface area contributed by atoms with E-state index < -0.39 is 0 Å². The minimum absolute atomic E-state index is 0.237. The summed E-state index contributed by atoms with van der Waals surface area (Å²) in [7, 11) is 0. The van der Waals surface area contributed by atoms with E-state index in [4.69, 9.17) is 21.1 Å². The smallest absolute Gasteiger partial charge is 0.266 e. The molecule has 1 amide bonds. The summed E-state index contributed by atoms with van der Waals surface area (Å²) in [5.74, 6) is 0.840. The second-order valence-electron chi connectivity index (χ2n) is 6.57. The molecule has 0 bridgehead atoms. The highest BCUT2D eigenvalue weighted by molar-refractivity contribution is 6.30. The predicted octanol–water partition coefficient (Wildman–Crippen LogP) is 3.79. The average Bonchev–Trinajstić information content (AvgIpc) is 2.77. The van der Waals surface area contributed by atoms with Crippen LogP contribution in [0.2, 0.25) is 5.02 Å². The Morgan fingerprint density at radius 1 is 1.00 bits per heavy atom. The van der Waals surface area contributed by atoms with Gasteiger partial charge in [0.2, 0.25) is 0 Å². The average molecular weight is 442 g/mol. The fourth-order valence-corrected chi connectivity index (χ4v) is 3.08. The van der Waals surface area contributed by atoms with E-state index in [9.17, 15) is 9.59 Å². The number of hydrogen-bond donors (Lipinski definition) is 1. The van der Waals surface area contributed by atoms with Gasteiger partial charge >= 0.3 is 0 Å². The molecule has 3 rings (SSSR count). The highest BCUT2D eigenvalue weighted by atomic mass is 35.5. The molecule has 0 fully saturated rings. The van der Waals surface area contributed by atoms with E-state index in [-0.39, 0.29) is 24.6 Å². The summed E-state index contributed by atoms with van der Waals surface area (Å²) < 4.78 is 12.4. The van der Waals surface area contributed by atoms with Crippen molar-refractivity contribution in [2.45, 2.75) is 20.4 Å². The predicted molar refractivity (Wildman–Crippen MR) is 120 cm³/mol. The van der Waals surface area contributed by atoms with Gasteiger partial charge < -0.3 is 14.8 Å². The molecule has 0 saturated heterocycles. The number of nitrogens with zero attached hydrogens (tertiary/aromatic N) is 2. The summed E-state index contributed by atoms with van der Waals surface area (Å²) in [5, 5.41) is 7.82. The van der Waals surface area contributed by atoms with Crippen LogP contribution < -0.4 is 20.3 Å². The number of nitrogens with one attached hydrogen (secondary N) is 1. The van der Waals surface area contributed by atoms with Crippen molar-refractivity contribution in [3.63, 3.8) is 0 Å². The molecule has 1 aromatic heterocycles. The molecule has 2 aromatic carbocycles. The molecule has 0 aliphatic rings. The third-order valence-corrected chi connectivity index (χ3v) is 4.67. The zero-order valence-corrected chi connectivity index (χ0v) is 18.2. The fourth-order valence-electron chi connectivity index (χ4n) is 2.95. The van der Waals surface area contributed by atoms with Crippen molar-refractivity contribution in [2.24, 2.45) is 0 Å². The van der Waals surface area contributed by atoms with Gasteiger partial charge in [0.15, 0.2) is 11.5 Å². The standard InChI is InChI=1S/C23H24ClN3O4/c1-3-30-20-11-7-17(15-21(20)31-4-2)23(29)25-13-14-27-22(28)12-10-19(26-27)16-5-8-18(24)9-6-16/h5-12,15H,3-4,13-14H2,1-2H3,(H,25,29). The molecule has 0 radical (unpaired) electrons. The number of amides is 1. The zero-order chi connectivity index (χ0) is 22.2. The van der Waals surface area contributed by atoms with Crippen molar-refractivity contribution in [2.75, 3.05) is 19.8 Å². The van der Waals surface area contributed by atoms with Crippen LogP contribution in [0.4, 0.5) is 0 Å². The summed E-state index contributed by atoms with van der Waals surface area (Å²) in [6, 6.07) is 15.4. The van der Waals surface area contributed by atoms with Crippen molar-refractivity contribution in [3.05, 3.63) is 75.5 Å². The molecule has 8 heteroatoms. The topological polar surface area (TPSA) is 82.5 Å². The van der Waals surface area contributed by atoms with Gasteiger partial charge in [-0.2, -0.15) is 5.10 Å². The molecule has 0 saturated carbocycles. The minimum atomic E-state index is -0.272. The molecular weight excluding hydrogens is 418 g/mol. The van der Waals surface area contributed by atoms with Crippen LogP contribution in [0.3, 0.4) is 0 Å². The minimum Gasteiger partial charge on any atom is -0.490 e. The molecule has 0 atom stereocenters. The van der Waals surface area contributed by atoms with E-state index in [1.807, 2.05) is 26.0 Å². The first-order valence-corrected chi connectivity index (χ1v) is 10.4. The molecule has 31 heavy (non-hydrogen) atoms. The van der Waals surface area contributed by atoms with Gasteiger partial charge in [-0.15, -0.1) is 0 Å². The van der Waals surface area contributed by atoms with Crippen molar-refractivity contribution in [1.29, 1.82) is 0 Å². The van der Waals surface area contributed by atoms with Crippen LogP contribution in [-0.4, -0.2) is 35.4 Å². The molecule has 1 heterocycles. The van der Waals surface area contributed by atoms with Gasteiger partial charge in [-0.25, -0.2) is 4.68 Å². The first-order chi connectivity index (χ1) is 15.0. The Labute approximate surface area is 185 Å². The maximum atomic E-state index is 12.5. The lowest BCUT2D eigenvalue weighted by Gasteiger charge is -2.13. The summed E-state index contributed by atoms with van der Waals surface area (Å²) in [5.41, 5.74) is 1.70. The second kappa shape index (κ2) is 10.6. The maximum absolute atomic E-state index is 12.5. The number of hydrogen-bond acceptors (Lipinski definition) is 5. The Balaban J connectivity index is 1.66. The van der Waals surface area contributed by atoms with Crippen LogP contribution in [0, 0.1) is 0 Å². The lowest BCUT2D eigenvalue weighted by molar-refractivity contribution is 0.0951. The highest BCUT2D eigenvalue weighted by Crippen LogP contribution is 2.28. The van der Waals surface area contributed by atoms with Crippen LogP contribution in [-0.2, 0) is 6.54 Å². The van der Waals surface area contributed by atoms with Crippen LogP contribution in [0.5, 0.6) is 11.5 Å². The number of aromatic nitrogens is 2. The van der Waals surface area contributed by atoms with E-state index >= 15 is 0 Å². The first-order valence-electron chi connectivity index (χ1n) is 10.0.